The standard InChI is InChI=1S/C14H11ClO2S/c1-9-6-12(18-8-9)7-13(14(16)17)10-2-4-11(15)5-3-10/h2-8H,1H3,(H,16,17). The molecule has 2 nitrogen and oxygen atoms in total. The van der Waals surface area contributed by atoms with E-state index in [1.54, 1.807) is 30.3 Å². The van der Waals surface area contributed by atoms with Crippen LogP contribution in [0, 0.1) is 6.92 Å². The molecule has 0 bridgehead atoms. The first-order chi connectivity index (χ1) is 8.56. The molecule has 18 heavy (non-hydrogen) atoms. The molecule has 2 rings (SSSR count). The summed E-state index contributed by atoms with van der Waals surface area (Å²) in [5.74, 6) is -0.941. The number of carboxylic acids is 1. The van der Waals surface area contributed by atoms with Crippen molar-refractivity contribution in [2.24, 2.45) is 0 Å². The zero-order valence-electron chi connectivity index (χ0n) is 9.68. The molecule has 0 spiro atoms. The minimum atomic E-state index is -0.941. The van der Waals surface area contributed by atoms with Crippen molar-refractivity contribution in [3.8, 4) is 0 Å². The molecule has 0 saturated heterocycles. The largest absolute Gasteiger partial charge is 0.478 e. The van der Waals surface area contributed by atoms with Gasteiger partial charge >= 0.3 is 5.97 Å². The van der Waals surface area contributed by atoms with Crippen molar-refractivity contribution in [3.63, 3.8) is 0 Å². The van der Waals surface area contributed by atoms with Gasteiger partial charge < -0.3 is 5.11 Å². The summed E-state index contributed by atoms with van der Waals surface area (Å²) in [6.07, 6.45) is 1.68. The van der Waals surface area contributed by atoms with Crippen molar-refractivity contribution in [2.45, 2.75) is 6.92 Å². The Balaban J connectivity index is 2.43. The Morgan fingerprint density at radius 2 is 2.00 bits per heavy atom. The molecule has 2 aromatic rings. The number of thiophene rings is 1. The van der Waals surface area contributed by atoms with Gasteiger partial charge in [-0.25, -0.2) is 4.79 Å². The monoisotopic (exact) mass is 278 g/mol. The molecular weight excluding hydrogens is 268 g/mol. The van der Waals surface area contributed by atoms with Crippen LogP contribution in [0.2, 0.25) is 5.02 Å². The molecule has 4 heteroatoms. The number of benzene rings is 1. The minimum absolute atomic E-state index is 0.272. The van der Waals surface area contributed by atoms with Crippen molar-refractivity contribution in [3.05, 3.63) is 56.7 Å². The Hall–Kier alpha value is -1.58. The predicted molar refractivity (Wildman–Crippen MR) is 76.0 cm³/mol. The smallest absolute Gasteiger partial charge is 0.336 e. The molecule has 1 heterocycles. The first-order valence-corrected chi connectivity index (χ1v) is 6.58. The second-order valence-electron chi connectivity index (χ2n) is 3.90. The van der Waals surface area contributed by atoms with E-state index in [-0.39, 0.29) is 5.57 Å². The average Bonchev–Trinajstić information content (AvgIpc) is 2.73. The molecule has 1 N–H and O–H groups in total. The fourth-order valence-corrected chi connectivity index (χ4v) is 2.53. The number of carboxylic acid groups (broad SMARTS) is 1. The SMILES string of the molecule is Cc1csc(C=C(C(=O)O)c2ccc(Cl)cc2)c1. The number of halogens is 1. The van der Waals surface area contributed by atoms with Gasteiger partial charge in [-0.3, -0.25) is 0 Å². The highest BCUT2D eigenvalue weighted by atomic mass is 35.5. The zero-order chi connectivity index (χ0) is 13.1. The Labute approximate surface area is 114 Å². The molecule has 0 aliphatic rings. The molecule has 1 aromatic carbocycles. The van der Waals surface area contributed by atoms with Gasteiger partial charge in [0.2, 0.25) is 0 Å². The lowest BCUT2D eigenvalue weighted by Gasteiger charge is -2.02. The van der Waals surface area contributed by atoms with Crippen molar-refractivity contribution in [1.82, 2.24) is 0 Å². The van der Waals surface area contributed by atoms with Gasteiger partial charge in [0, 0.05) is 9.90 Å². The second kappa shape index (κ2) is 5.38. The topological polar surface area (TPSA) is 37.3 Å². The van der Waals surface area contributed by atoms with Crippen molar-refractivity contribution < 1.29 is 9.90 Å². The maximum atomic E-state index is 11.3. The lowest BCUT2D eigenvalue weighted by molar-refractivity contribution is -0.130. The second-order valence-corrected chi connectivity index (χ2v) is 5.28. The van der Waals surface area contributed by atoms with Crippen LogP contribution in [-0.4, -0.2) is 11.1 Å². The van der Waals surface area contributed by atoms with Gasteiger partial charge in [-0.05, 0) is 47.7 Å². The van der Waals surface area contributed by atoms with Gasteiger partial charge in [-0.2, -0.15) is 0 Å². The van der Waals surface area contributed by atoms with Crippen LogP contribution in [-0.2, 0) is 4.79 Å². The van der Waals surface area contributed by atoms with E-state index in [1.807, 2.05) is 18.4 Å². The molecule has 0 aliphatic carbocycles. The zero-order valence-corrected chi connectivity index (χ0v) is 11.3. The van der Waals surface area contributed by atoms with Crippen LogP contribution < -0.4 is 0 Å². The third kappa shape index (κ3) is 3.00. The molecule has 92 valence electrons. The lowest BCUT2D eigenvalue weighted by Crippen LogP contribution is -1.99. The molecule has 0 unspecified atom stereocenters. The third-order valence-corrected chi connectivity index (χ3v) is 3.67. The summed E-state index contributed by atoms with van der Waals surface area (Å²) in [4.78, 5) is 12.2. The van der Waals surface area contributed by atoms with E-state index < -0.39 is 5.97 Å². The molecule has 0 saturated carbocycles. The maximum absolute atomic E-state index is 11.3. The van der Waals surface area contributed by atoms with Gasteiger partial charge in [0.05, 0.1) is 5.57 Å². The molecule has 0 atom stereocenters. The molecule has 0 aliphatic heterocycles. The van der Waals surface area contributed by atoms with Crippen molar-refractivity contribution in [2.75, 3.05) is 0 Å². The van der Waals surface area contributed by atoms with E-state index in [1.165, 1.54) is 11.3 Å². The highest BCUT2D eigenvalue weighted by Gasteiger charge is 2.10. The number of hydrogen-bond acceptors (Lipinski definition) is 2. The first-order valence-electron chi connectivity index (χ1n) is 5.32. The fourth-order valence-electron chi connectivity index (χ4n) is 1.57. The number of rotatable bonds is 3. The van der Waals surface area contributed by atoms with Crippen LogP contribution in [0.3, 0.4) is 0 Å². The van der Waals surface area contributed by atoms with Crippen molar-refractivity contribution in [1.29, 1.82) is 0 Å². The molecule has 1 aromatic heterocycles. The molecule has 0 fully saturated rings. The first kappa shape index (κ1) is 12.9. The van der Waals surface area contributed by atoms with E-state index in [2.05, 4.69) is 0 Å². The van der Waals surface area contributed by atoms with E-state index in [0.29, 0.717) is 10.6 Å². The highest BCUT2D eigenvalue weighted by Crippen LogP contribution is 2.23. The molecule has 0 amide bonds. The summed E-state index contributed by atoms with van der Waals surface area (Å²) >= 11 is 7.32. The summed E-state index contributed by atoms with van der Waals surface area (Å²) in [6.45, 7) is 1.98. The Morgan fingerprint density at radius 1 is 1.33 bits per heavy atom. The number of aryl methyl sites for hydroxylation is 1. The lowest BCUT2D eigenvalue weighted by atomic mass is 10.1. The summed E-state index contributed by atoms with van der Waals surface area (Å²) < 4.78 is 0. The number of hydrogen-bond donors (Lipinski definition) is 1. The van der Waals surface area contributed by atoms with Crippen LogP contribution in [0.5, 0.6) is 0 Å². The van der Waals surface area contributed by atoms with Crippen molar-refractivity contribution >= 4 is 40.6 Å². The van der Waals surface area contributed by atoms with E-state index in [4.69, 9.17) is 11.6 Å². The van der Waals surface area contributed by atoms with Crippen LogP contribution in [0.15, 0.2) is 35.7 Å². The van der Waals surface area contributed by atoms with E-state index in [0.717, 1.165) is 10.4 Å². The number of aliphatic carboxylic acids is 1. The van der Waals surface area contributed by atoms with Gasteiger partial charge in [0.1, 0.15) is 0 Å². The summed E-state index contributed by atoms with van der Waals surface area (Å²) in [7, 11) is 0. The third-order valence-electron chi connectivity index (χ3n) is 2.42. The van der Waals surface area contributed by atoms with Gasteiger partial charge in [-0.1, -0.05) is 23.7 Å². The summed E-state index contributed by atoms with van der Waals surface area (Å²) in [6, 6.07) is 8.76. The van der Waals surface area contributed by atoms with Crippen LogP contribution in [0.4, 0.5) is 0 Å². The Morgan fingerprint density at radius 3 is 2.50 bits per heavy atom. The van der Waals surface area contributed by atoms with E-state index >= 15 is 0 Å². The number of carbonyl (C=O) groups is 1. The molecule has 0 radical (unpaired) electrons. The fraction of sp³-hybridized carbons (Fsp3) is 0.0714. The van der Waals surface area contributed by atoms with Crippen LogP contribution in [0.25, 0.3) is 11.6 Å². The highest BCUT2D eigenvalue weighted by molar-refractivity contribution is 7.11. The normalized spacial score (nSPS) is 11.6. The minimum Gasteiger partial charge on any atom is -0.478 e. The summed E-state index contributed by atoms with van der Waals surface area (Å²) in [5.41, 5.74) is 2.05. The average molecular weight is 279 g/mol. The van der Waals surface area contributed by atoms with Gasteiger partial charge in [0.25, 0.3) is 0 Å². The Kier molecular flexibility index (Phi) is 3.84. The van der Waals surface area contributed by atoms with Crippen LogP contribution in [0.1, 0.15) is 16.0 Å². The summed E-state index contributed by atoms with van der Waals surface area (Å²) in [5, 5.41) is 11.9. The van der Waals surface area contributed by atoms with Crippen LogP contribution >= 0.6 is 22.9 Å². The quantitative estimate of drug-likeness (QED) is 0.848. The molecular formula is C14H11ClO2S. The van der Waals surface area contributed by atoms with Gasteiger partial charge in [-0.15, -0.1) is 11.3 Å². The predicted octanol–water partition coefficient (Wildman–Crippen LogP) is 4.34. The Bertz CT molecular complexity index is 597. The van der Waals surface area contributed by atoms with E-state index in [9.17, 15) is 9.90 Å². The van der Waals surface area contributed by atoms with Gasteiger partial charge in [0.15, 0.2) is 0 Å². The maximum Gasteiger partial charge on any atom is 0.336 e.